The SMILES string of the molecule is O=C(Nc1ccc2c(c1)CNC2)c1cc(Cl)cc2n[nH]nc12. The van der Waals surface area contributed by atoms with E-state index in [0.717, 1.165) is 18.8 Å². The van der Waals surface area contributed by atoms with E-state index in [9.17, 15) is 4.79 Å². The van der Waals surface area contributed by atoms with Crippen molar-refractivity contribution in [2.45, 2.75) is 13.1 Å². The number of aromatic amines is 1. The number of H-pyrrole nitrogens is 1. The van der Waals surface area contributed by atoms with Crippen LogP contribution in [0.4, 0.5) is 5.69 Å². The van der Waals surface area contributed by atoms with Crippen molar-refractivity contribution in [2.75, 3.05) is 5.32 Å². The van der Waals surface area contributed by atoms with Crippen molar-refractivity contribution in [1.82, 2.24) is 20.7 Å². The molecule has 4 rings (SSSR count). The number of nitrogens with zero attached hydrogens (tertiary/aromatic N) is 2. The average Bonchev–Trinajstić information content (AvgIpc) is 3.13. The molecule has 1 aliphatic heterocycles. The summed E-state index contributed by atoms with van der Waals surface area (Å²) in [7, 11) is 0. The number of rotatable bonds is 2. The third-order valence-electron chi connectivity index (χ3n) is 3.73. The highest BCUT2D eigenvalue weighted by molar-refractivity contribution is 6.32. The minimum Gasteiger partial charge on any atom is -0.322 e. The Morgan fingerprint density at radius 3 is 2.91 bits per heavy atom. The van der Waals surface area contributed by atoms with Crippen LogP contribution < -0.4 is 10.6 Å². The van der Waals surface area contributed by atoms with Gasteiger partial charge in [0.25, 0.3) is 5.91 Å². The fraction of sp³-hybridized carbons (Fsp3) is 0.133. The molecule has 0 unspecified atom stereocenters. The van der Waals surface area contributed by atoms with E-state index in [0.29, 0.717) is 21.6 Å². The molecule has 0 spiro atoms. The van der Waals surface area contributed by atoms with Gasteiger partial charge in [-0.3, -0.25) is 4.79 Å². The van der Waals surface area contributed by atoms with Crippen molar-refractivity contribution in [2.24, 2.45) is 0 Å². The molecule has 2 aromatic carbocycles. The number of nitrogens with one attached hydrogen (secondary N) is 3. The van der Waals surface area contributed by atoms with Crippen LogP contribution in [0.1, 0.15) is 21.5 Å². The highest BCUT2D eigenvalue weighted by Crippen LogP contribution is 2.23. The zero-order valence-electron chi connectivity index (χ0n) is 11.5. The average molecular weight is 314 g/mol. The van der Waals surface area contributed by atoms with Gasteiger partial charge >= 0.3 is 0 Å². The first-order valence-corrected chi connectivity index (χ1v) is 7.22. The van der Waals surface area contributed by atoms with Crippen molar-refractivity contribution < 1.29 is 4.79 Å². The molecule has 22 heavy (non-hydrogen) atoms. The van der Waals surface area contributed by atoms with E-state index >= 15 is 0 Å². The maximum Gasteiger partial charge on any atom is 0.258 e. The second-order valence-electron chi connectivity index (χ2n) is 5.19. The molecule has 1 aliphatic rings. The van der Waals surface area contributed by atoms with Gasteiger partial charge in [-0.2, -0.15) is 15.4 Å². The number of carbonyl (C=O) groups is 1. The van der Waals surface area contributed by atoms with Crippen LogP contribution in [0.15, 0.2) is 30.3 Å². The van der Waals surface area contributed by atoms with Crippen LogP contribution >= 0.6 is 11.6 Å². The summed E-state index contributed by atoms with van der Waals surface area (Å²) in [6.07, 6.45) is 0. The molecule has 0 atom stereocenters. The largest absolute Gasteiger partial charge is 0.322 e. The number of hydrogen-bond acceptors (Lipinski definition) is 4. The van der Waals surface area contributed by atoms with Crippen molar-refractivity contribution in [3.05, 3.63) is 52.0 Å². The summed E-state index contributed by atoms with van der Waals surface area (Å²) in [6.45, 7) is 1.70. The smallest absolute Gasteiger partial charge is 0.258 e. The van der Waals surface area contributed by atoms with E-state index in [1.54, 1.807) is 12.1 Å². The standard InChI is InChI=1S/C15H12ClN5O/c16-10-4-12(14-13(5-10)19-21-20-14)15(22)18-11-2-1-8-6-17-7-9(8)3-11/h1-5,17H,6-7H2,(H,18,22)(H,19,20,21). The molecule has 0 saturated carbocycles. The number of fused-ring (bicyclic) bond motifs is 2. The first-order chi connectivity index (χ1) is 10.7. The van der Waals surface area contributed by atoms with Crippen LogP contribution in [0.3, 0.4) is 0 Å². The highest BCUT2D eigenvalue weighted by Gasteiger charge is 2.16. The maximum absolute atomic E-state index is 12.5. The van der Waals surface area contributed by atoms with Crippen molar-refractivity contribution in [3.63, 3.8) is 0 Å². The molecule has 0 radical (unpaired) electrons. The second kappa shape index (κ2) is 5.08. The van der Waals surface area contributed by atoms with Crippen molar-refractivity contribution >= 4 is 34.2 Å². The van der Waals surface area contributed by atoms with Gasteiger partial charge in [0.05, 0.1) is 5.56 Å². The zero-order valence-corrected chi connectivity index (χ0v) is 12.2. The number of carbonyl (C=O) groups excluding carboxylic acids is 1. The van der Waals surface area contributed by atoms with Crippen LogP contribution in [-0.2, 0) is 13.1 Å². The first kappa shape index (κ1) is 13.2. The Labute approximate surface area is 130 Å². The number of benzene rings is 2. The lowest BCUT2D eigenvalue weighted by Gasteiger charge is -2.08. The van der Waals surface area contributed by atoms with Gasteiger partial charge in [0.2, 0.25) is 0 Å². The van der Waals surface area contributed by atoms with Gasteiger partial charge in [0.1, 0.15) is 11.0 Å². The molecule has 3 aromatic rings. The molecule has 0 fully saturated rings. The van der Waals surface area contributed by atoms with Crippen LogP contribution in [0.25, 0.3) is 11.0 Å². The molecule has 0 bridgehead atoms. The summed E-state index contributed by atoms with van der Waals surface area (Å²) in [5.74, 6) is -0.257. The quantitative estimate of drug-likeness (QED) is 0.678. The van der Waals surface area contributed by atoms with Gasteiger partial charge < -0.3 is 10.6 Å². The number of aromatic nitrogens is 3. The molecule has 2 heterocycles. The van der Waals surface area contributed by atoms with Gasteiger partial charge in [-0.15, -0.1) is 0 Å². The van der Waals surface area contributed by atoms with E-state index in [4.69, 9.17) is 11.6 Å². The van der Waals surface area contributed by atoms with Gasteiger partial charge in [0.15, 0.2) is 0 Å². The Morgan fingerprint density at radius 2 is 2.00 bits per heavy atom. The predicted octanol–water partition coefficient (Wildman–Crippen LogP) is 2.47. The molecule has 7 heteroatoms. The third kappa shape index (κ3) is 2.22. The number of anilines is 1. The molecule has 6 nitrogen and oxygen atoms in total. The molecule has 0 saturated heterocycles. The van der Waals surface area contributed by atoms with Crippen LogP contribution in [0.5, 0.6) is 0 Å². The fourth-order valence-corrected chi connectivity index (χ4v) is 2.87. The van der Waals surface area contributed by atoms with Gasteiger partial charge in [-0.1, -0.05) is 17.7 Å². The van der Waals surface area contributed by atoms with Gasteiger partial charge in [0, 0.05) is 23.8 Å². The van der Waals surface area contributed by atoms with Gasteiger partial charge in [-0.05, 0) is 35.4 Å². The Balaban J connectivity index is 1.68. The van der Waals surface area contributed by atoms with Crippen molar-refractivity contribution in [3.8, 4) is 0 Å². The molecule has 110 valence electrons. The normalized spacial score (nSPS) is 13.3. The van der Waals surface area contributed by atoms with E-state index in [1.165, 1.54) is 11.1 Å². The Morgan fingerprint density at radius 1 is 1.14 bits per heavy atom. The summed E-state index contributed by atoms with van der Waals surface area (Å²) in [6, 6.07) is 9.16. The predicted molar refractivity (Wildman–Crippen MR) is 83.8 cm³/mol. The summed E-state index contributed by atoms with van der Waals surface area (Å²) < 4.78 is 0. The van der Waals surface area contributed by atoms with Crippen molar-refractivity contribution in [1.29, 1.82) is 0 Å². The van der Waals surface area contributed by atoms with Gasteiger partial charge in [-0.25, -0.2) is 0 Å². The Hall–Kier alpha value is -2.44. The summed E-state index contributed by atoms with van der Waals surface area (Å²) in [4.78, 5) is 12.5. The minimum atomic E-state index is -0.257. The lowest BCUT2D eigenvalue weighted by Crippen LogP contribution is -2.13. The highest BCUT2D eigenvalue weighted by atomic mass is 35.5. The Kier molecular flexibility index (Phi) is 3.06. The monoisotopic (exact) mass is 313 g/mol. The van der Waals surface area contributed by atoms with E-state index in [2.05, 4.69) is 26.0 Å². The first-order valence-electron chi connectivity index (χ1n) is 6.84. The number of halogens is 1. The van der Waals surface area contributed by atoms with E-state index in [1.807, 2.05) is 18.2 Å². The van der Waals surface area contributed by atoms with Crippen LogP contribution in [-0.4, -0.2) is 21.3 Å². The molecular weight excluding hydrogens is 302 g/mol. The number of hydrogen-bond donors (Lipinski definition) is 3. The molecule has 1 aromatic heterocycles. The summed E-state index contributed by atoms with van der Waals surface area (Å²) >= 11 is 6.03. The number of amides is 1. The summed E-state index contributed by atoms with van der Waals surface area (Å²) in [5, 5.41) is 17.1. The summed E-state index contributed by atoms with van der Waals surface area (Å²) in [5.41, 5.74) is 4.69. The molecule has 0 aliphatic carbocycles. The second-order valence-corrected chi connectivity index (χ2v) is 5.62. The Bertz CT molecular complexity index is 889. The maximum atomic E-state index is 12.5. The molecular formula is C15H12ClN5O. The van der Waals surface area contributed by atoms with Crippen LogP contribution in [0.2, 0.25) is 5.02 Å². The lowest BCUT2D eigenvalue weighted by atomic mass is 10.1. The van der Waals surface area contributed by atoms with Crippen LogP contribution in [0, 0.1) is 0 Å². The molecule has 3 N–H and O–H groups in total. The fourth-order valence-electron chi connectivity index (χ4n) is 2.66. The van der Waals surface area contributed by atoms with E-state index in [-0.39, 0.29) is 5.91 Å². The minimum absolute atomic E-state index is 0.257. The topological polar surface area (TPSA) is 82.7 Å². The molecule has 1 amide bonds. The van der Waals surface area contributed by atoms with E-state index < -0.39 is 0 Å². The lowest BCUT2D eigenvalue weighted by molar-refractivity contribution is 0.102. The zero-order chi connectivity index (χ0) is 15.1. The third-order valence-corrected chi connectivity index (χ3v) is 3.94.